The summed E-state index contributed by atoms with van der Waals surface area (Å²) >= 11 is 4.74. The van der Waals surface area contributed by atoms with Crippen LogP contribution in [0.15, 0.2) is 18.2 Å². The smallest absolute Gasteiger partial charge is 0.237 e. The number of carbonyl (C=O) groups is 2. The van der Waals surface area contributed by atoms with Crippen molar-refractivity contribution in [3.05, 3.63) is 29.6 Å². The first-order chi connectivity index (χ1) is 8.50. The van der Waals surface area contributed by atoms with E-state index in [1.165, 1.54) is 12.1 Å². The second kappa shape index (κ2) is 3.58. The van der Waals surface area contributed by atoms with E-state index in [0.717, 1.165) is 11.0 Å². The molecule has 3 rings (SSSR count). The SMILES string of the molecule is NC(=S)c1ccc(N2C(=O)C3CC3C2=O)c(F)c1. The van der Waals surface area contributed by atoms with E-state index < -0.39 is 5.82 Å². The molecule has 4 nitrogen and oxygen atoms in total. The Morgan fingerprint density at radius 1 is 1.33 bits per heavy atom. The van der Waals surface area contributed by atoms with E-state index in [1.54, 1.807) is 0 Å². The van der Waals surface area contributed by atoms with E-state index >= 15 is 0 Å². The maximum atomic E-state index is 13.9. The number of rotatable bonds is 2. The Kier molecular flexibility index (Phi) is 2.25. The number of fused-ring (bicyclic) bond motifs is 1. The van der Waals surface area contributed by atoms with Gasteiger partial charge in [-0.1, -0.05) is 12.2 Å². The molecule has 0 aromatic heterocycles. The number of imide groups is 1. The Balaban J connectivity index is 2.00. The zero-order valence-electron chi connectivity index (χ0n) is 9.22. The summed E-state index contributed by atoms with van der Waals surface area (Å²) in [6.45, 7) is 0. The maximum absolute atomic E-state index is 13.9. The summed E-state index contributed by atoms with van der Waals surface area (Å²) in [6.07, 6.45) is 0.598. The normalized spacial score (nSPS) is 25.3. The van der Waals surface area contributed by atoms with Gasteiger partial charge >= 0.3 is 0 Å². The highest BCUT2D eigenvalue weighted by molar-refractivity contribution is 7.80. The molecule has 2 amide bonds. The van der Waals surface area contributed by atoms with Crippen molar-refractivity contribution in [3.8, 4) is 0 Å². The Hall–Kier alpha value is -1.82. The Morgan fingerprint density at radius 3 is 2.44 bits per heavy atom. The van der Waals surface area contributed by atoms with Gasteiger partial charge in [-0.25, -0.2) is 9.29 Å². The number of thiocarbonyl (C=S) groups is 1. The lowest BCUT2D eigenvalue weighted by molar-refractivity contribution is -0.123. The van der Waals surface area contributed by atoms with Crippen molar-refractivity contribution in [2.75, 3.05) is 4.90 Å². The summed E-state index contributed by atoms with van der Waals surface area (Å²) in [5, 5.41) is 0. The van der Waals surface area contributed by atoms with Crippen LogP contribution in [0.5, 0.6) is 0 Å². The molecular formula is C12H9FN2O2S. The van der Waals surface area contributed by atoms with Gasteiger partial charge in [-0.15, -0.1) is 0 Å². The van der Waals surface area contributed by atoms with Gasteiger partial charge in [0.25, 0.3) is 0 Å². The number of carbonyl (C=O) groups excluding carboxylic acids is 2. The molecule has 92 valence electrons. The fourth-order valence-electron chi connectivity index (χ4n) is 2.26. The number of anilines is 1. The number of nitrogens with two attached hydrogens (primary N) is 1. The van der Waals surface area contributed by atoms with Crippen LogP contribution in [0.3, 0.4) is 0 Å². The largest absolute Gasteiger partial charge is 0.389 e. The van der Waals surface area contributed by atoms with Crippen LogP contribution in [-0.2, 0) is 9.59 Å². The third kappa shape index (κ3) is 1.45. The molecule has 0 spiro atoms. The summed E-state index contributed by atoms with van der Waals surface area (Å²) in [7, 11) is 0. The molecule has 18 heavy (non-hydrogen) atoms. The third-order valence-electron chi connectivity index (χ3n) is 3.34. The number of benzene rings is 1. The topological polar surface area (TPSA) is 63.4 Å². The number of halogens is 1. The van der Waals surface area contributed by atoms with E-state index in [4.69, 9.17) is 18.0 Å². The van der Waals surface area contributed by atoms with Gasteiger partial charge in [0.05, 0.1) is 17.5 Å². The lowest BCUT2D eigenvalue weighted by Crippen LogP contribution is -2.33. The van der Waals surface area contributed by atoms with Gasteiger partial charge < -0.3 is 5.73 Å². The number of nitrogens with zero attached hydrogens (tertiary/aromatic N) is 1. The standard InChI is InChI=1S/C12H9FN2O2S/c13-8-3-5(10(14)18)1-2-9(8)15-11(16)6-4-7(6)12(15)17/h1-3,6-7H,4H2,(H2,14,18). The monoisotopic (exact) mass is 264 g/mol. The van der Waals surface area contributed by atoms with Crippen molar-refractivity contribution in [2.24, 2.45) is 17.6 Å². The van der Waals surface area contributed by atoms with Gasteiger partial charge in [0, 0.05) is 5.56 Å². The highest BCUT2D eigenvalue weighted by Crippen LogP contribution is 2.48. The molecular weight excluding hydrogens is 255 g/mol. The van der Waals surface area contributed by atoms with E-state index in [9.17, 15) is 14.0 Å². The first-order valence-corrected chi connectivity index (χ1v) is 5.88. The second-order valence-electron chi connectivity index (χ2n) is 4.49. The van der Waals surface area contributed by atoms with Crippen LogP contribution in [0.2, 0.25) is 0 Å². The maximum Gasteiger partial charge on any atom is 0.237 e. The number of piperidine rings is 1. The van der Waals surface area contributed by atoms with Gasteiger partial charge in [0.15, 0.2) is 0 Å². The molecule has 0 bridgehead atoms. The van der Waals surface area contributed by atoms with Crippen LogP contribution in [0.25, 0.3) is 0 Å². The van der Waals surface area contributed by atoms with Gasteiger partial charge in [-0.2, -0.15) is 0 Å². The summed E-state index contributed by atoms with van der Waals surface area (Å²) in [6, 6.07) is 4.01. The number of hydrogen-bond donors (Lipinski definition) is 1. The molecule has 1 saturated heterocycles. The minimum atomic E-state index is -0.664. The Bertz CT molecular complexity index is 582. The van der Waals surface area contributed by atoms with Crippen LogP contribution in [0, 0.1) is 17.7 Å². The minimum absolute atomic E-state index is 0.0165. The van der Waals surface area contributed by atoms with Crippen molar-refractivity contribution >= 4 is 34.7 Å². The molecule has 2 atom stereocenters. The Labute approximate surface area is 108 Å². The molecule has 2 unspecified atom stereocenters. The zero-order chi connectivity index (χ0) is 13.0. The summed E-state index contributed by atoms with van der Waals surface area (Å²) in [5.74, 6) is -1.78. The highest BCUT2D eigenvalue weighted by Gasteiger charge is 2.59. The minimum Gasteiger partial charge on any atom is -0.389 e. The fraction of sp³-hybridized carbons (Fsp3) is 0.250. The third-order valence-corrected chi connectivity index (χ3v) is 3.57. The molecule has 1 aromatic carbocycles. The van der Waals surface area contributed by atoms with Crippen LogP contribution in [0.1, 0.15) is 12.0 Å². The number of hydrogen-bond acceptors (Lipinski definition) is 3. The van der Waals surface area contributed by atoms with Gasteiger partial charge in [0.2, 0.25) is 11.8 Å². The summed E-state index contributed by atoms with van der Waals surface area (Å²) in [4.78, 5) is 24.6. The molecule has 1 aromatic rings. The summed E-state index contributed by atoms with van der Waals surface area (Å²) < 4.78 is 13.9. The molecule has 1 heterocycles. The second-order valence-corrected chi connectivity index (χ2v) is 4.93. The predicted octanol–water partition coefficient (Wildman–Crippen LogP) is 0.969. The molecule has 6 heteroatoms. The van der Waals surface area contributed by atoms with Crippen molar-refractivity contribution in [1.82, 2.24) is 0 Å². The van der Waals surface area contributed by atoms with Crippen LogP contribution in [0.4, 0.5) is 10.1 Å². The van der Waals surface area contributed by atoms with Crippen molar-refractivity contribution in [2.45, 2.75) is 6.42 Å². The first-order valence-electron chi connectivity index (χ1n) is 5.48. The Morgan fingerprint density at radius 2 is 1.94 bits per heavy atom. The van der Waals surface area contributed by atoms with Crippen LogP contribution in [-0.4, -0.2) is 16.8 Å². The molecule has 2 fully saturated rings. The van der Waals surface area contributed by atoms with E-state index in [-0.39, 0.29) is 34.3 Å². The molecule has 1 saturated carbocycles. The highest BCUT2D eigenvalue weighted by atomic mass is 32.1. The molecule has 0 radical (unpaired) electrons. The average Bonchev–Trinajstić information content (AvgIpc) is 3.06. The molecule has 2 N–H and O–H groups in total. The van der Waals surface area contributed by atoms with Crippen LogP contribution < -0.4 is 10.6 Å². The van der Waals surface area contributed by atoms with Gasteiger partial charge in [-0.3, -0.25) is 9.59 Å². The van der Waals surface area contributed by atoms with E-state index in [1.807, 2.05) is 0 Å². The predicted molar refractivity (Wildman–Crippen MR) is 66.4 cm³/mol. The van der Waals surface area contributed by atoms with Gasteiger partial charge in [0.1, 0.15) is 10.8 Å². The molecule has 1 aliphatic heterocycles. The van der Waals surface area contributed by atoms with E-state index in [0.29, 0.717) is 12.0 Å². The molecule has 1 aliphatic carbocycles. The summed E-state index contributed by atoms with van der Waals surface area (Å²) in [5.41, 5.74) is 5.74. The van der Waals surface area contributed by atoms with E-state index in [2.05, 4.69) is 0 Å². The fourth-order valence-corrected chi connectivity index (χ4v) is 2.39. The first kappa shape index (κ1) is 11.3. The average molecular weight is 264 g/mol. The number of amides is 2. The molecule has 2 aliphatic rings. The van der Waals surface area contributed by atoms with Crippen molar-refractivity contribution < 1.29 is 14.0 Å². The quantitative estimate of drug-likeness (QED) is 0.638. The lowest BCUT2D eigenvalue weighted by atomic mass is 10.2. The van der Waals surface area contributed by atoms with Crippen LogP contribution >= 0.6 is 12.2 Å². The lowest BCUT2D eigenvalue weighted by Gasteiger charge is -2.17. The zero-order valence-corrected chi connectivity index (χ0v) is 10.0. The van der Waals surface area contributed by atoms with Gasteiger partial charge in [-0.05, 0) is 24.6 Å². The van der Waals surface area contributed by atoms with Crippen molar-refractivity contribution in [1.29, 1.82) is 0 Å². The van der Waals surface area contributed by atoms with Crippen molar-refractivity contribution in [3.63, 3.8) is 0 Å².